The van der Waals surface area contributed by atoms with Crippen molar-refractivity contribution < 1.29 is 9.53 Å². The molecule has 1 aromatic rings. The van der Waals surface area contributed by atoms with Crippen LogP contribution in [-0.2, 0) is 9.53 Å². The standard InChI is InChI=1S/C13H20N2O2/c1-13(2,12(16)17-5)11(15(3)4)10-6-8-14-9-7-10/h6-9,11H,1-5H3. The molecule has 0 fully saturated rings. The molecule has 0 spiro atoms. The van der Waals surface area contributed by atoms with E-state index in [4.69, 9.17) is 4.74 Å². The van der Waals surface area contributed by atoms with Gasteiger partial charge in [0.15, 0.2) is 0 Å². The lowest BCUT2D eigenvalue weighted by Gasteiger charge is -2.36. The molecule has 0 aliphatic rings. The number of aromatic nitrogens is 1. The van der Waals surface area contributed by atoms with Gasteiger partial charge < -0.3 is 9.64 Å². The zero-order valence-electron chi connectivity index (χ0n) is 11.1. The van der Waals surface area contributed by atoms with Crippen LogP contribution in [0.3, 0.4) is 0 Å². The number of nitrogens with zero attached hydrogens (tertiary/aromatic N) is 2. The molecule has 17 heavy (non-hydrogen) atoms. The second-order valence-corrected chi connectivity index (χ2v) is 4.86. The molecule has 0 aromatic carbocycles. The van der Waals surface area contributed by atoms with E-state index in [9.17, 15) is 4.79 Å². The zero-order chi connectivity index (χ0) is 13.1. The van der Waals surface area contributed by atoms with Crippen molar-refractivity contribution in [2.45, 2.75) is 19.9 Å². The minimum absolute atomic E-state index is 0.0436. The Hall–Kier alpha value is -1.42. The van der Waals surface area contributed by atoms with E-state index in [2.05, 4.69) is 4.98 Å². The highest BCUT2D eigenvalue weighted by Crippen LogP contribution is 2.37. The smallest absolute Gasteiger partial charge is 0.313 e. The number of pyridine rings is 1. The van der Waals surface area contributed by atoms with Crippen LogP contribution in [0.4, 0.5) is 0 Å². The fourth-order valence-corrected chi connectivity index (χ4v) is 2.28. The van der Waals surface area contributed by atoms with Crippen LogP contribution in [0.25, 0.3) is 0 Å². The molecule has 0 aliphatic heterocycles. The molecule has 1 aromatic heterocycles. The van der Waals surface area contributed by atoms with Crippen LogP contribution in [0.2, 0.25) is 0 Å². The molecule has 0 aliphatic carbocycles. The third kappa shape index (κ3) is 2.82. The second kappa shape index (κ2) is 5.27. The Labute approximate surface area is 103 Å². The van der Waals surface area contributed by atoms with Crippen molar-refractivity contribution in [1.29, 1.82) is 0 Å². The summed E-state index contributed by atoms with van der Waals surface area (Å²) in [5, 5.41) is 0. The molecule has 1 unspecified atom stereocenters. The Morgan fingerprint density at radius 1 is 1.35 bits per heavy atom. The first-order valence-electron chi connectivity index (χ1n) is 5.56. The number of hydrogen-bond acceptors (Lipinski definition) is 4. The van der Waals surface area contributed by atoms with Crippen molar-refractivity contribution in [2.24, 2.45) is 5.41 Å². The maximum absolute atomic E-state index is 11.9. The number of esters is 1. The monoisotopic (exact) mass is 236 g/mol. The SMILES string of the molecule is COC(=O)C(C)(C)C(c1ccncc1)N(C)C. The molecule has 1 atom stereocenters. The van der Waals surface area contributed by atoms with E-state index < -0.39 is 5.41 Å². The molecule has 1 rings (SSSR count). The highest BCUT2D eigenvalue weighted by atomic mass is 16.5. The van der Waals surface area contributed by atoms with Gasteiger partial charge in [0.1, 0.15) is 0 Å². The van der Waals surface area contributed by atoms with Crippen molar-refractivity contribution in [3.63, 3.8) is 0 Å². The maximum Gasteiger partial charge on any atom is 0.313 e. The third-order valence-corrected chi connectivity index (χ3v) is 2.93. The summed E-state index contributed by atoms with van der Waals surface area (Å²) in [6.45, 7) is 3.79. The average molecular weight is 236 g/mol. The van der Waals surface area contributed by atoms with Crippen LogP contribution < -0.4 is 0 Å². The van der Waals surface area contributed by atoms with Gasteiger partial charge in [0, 0.05) is 18.4 Å². The van der Waals surface area contributed by atoms with Crippen molar-refractivity contribution in [2.75, 3.05) is 21.2 Å². The second-order valence-electron chi connectivity index (χ2n) is 4.86. The van der Waals surface area contributed by atoms with Gasteiger partial charge in [0.05, 0.1) is 12.5 Å². The zero-order valence-corrected chi connectivity index (χ0v) is 11.1. The summed E-state index contributed by atoms with van der Waals surface area (Å²) in [4.78, 5) is 17.9. The molecule has 94 valence electrons. The van der Waals surface area contributed by atoms with Crippen LogP contribution in [0.5, 0.6) is 0 Å². The molecule has 0 saturated heterocycles. The van der Waals surface area contributed by atoms with E-state index in [1.807, 2.05) is 45.0 Å². The summed E-state index contributed by atoms with van der Waals surface area (Å²) in [5.41, 5.74) is 0.444. The van der Waals surface area contributed by atoms with E-state index >= 15 is 0 Å². The summed E-state index contributed by atoms with van der Waals surface area (Å²) in [6, 6.07) is 3.81. The van der Waals surface area contributed by atoms with Crippen LogP contribution >= 0.6 is 0 Å². The van der Waals surface area contributed by atoms with Crippen LogP contribution in [-0.4, -0.2) is 37.1 Å². The Kier molecular flexibility index (Phi) is 4.23. The van der Waals surface area contributed by atoms with Crippen molar-refractivity contribution >= 4 is 5.97 Å². The maximum atomic E-state index is 11.9. The Morgan fingerprint density at radius 2 is 1.88 bits per heavy atom. The Bertz CT molecular complexity index is 374. The first-order chi connectivity index (χ1) is 7.91. The fourth-order valence-electron chi connectivity index (χ4n) is 2.28. The van der Waals surface area contributed by atoms with Crippen LogP contribution in [0, 0.1) is 5.41 Å². The largest absolute Gasteiger partial charge is 0.469 e. The lowest BCUT2D eigenvalue weighted by Crippen LogP contribution is -2.40. The topological polar surface area (TPSA) is 42.4 Å². The highest BCUT2D eigenvalue weighted by Gasteiger charge is 2.40. The molecule has 0 N–H and O–H groups in total. The van der Waals surface area contributed by atoms with E-state index in [1.54, 1.807) is 12.4 Å². The molecule has 4 nitrogen and oxygen atoms in total. The van der Waals surface area contributed by atoms with Gasteiger partial charge >= 0.3 is 5.97 Å². The molecule has 4 heteroatoms. The predicted molar refractivity (Wildman–Crippen MR) is 66.5 cm³/mol. The van der Waals surface area contributed by atoms with Crippen molar-refractivity contribution in [1.82, 2.24) is 9.88 Å². The van der Waals surface area contributed by atoms with Crippen LogP contribution in [0.15, 0.2) is 24.5 Å². The van der Waals surface area contributed by atoms with Gasteiger partial charge in [0.2, 0.25) is 0 Å². The average Bonchev–Trinajstić information content (AvgIpc) is 2.28. The van der Waals surface area contributed by atoms with Gasteiger partial charge in [-0.1, -0.05) is 0 Å². The molecule has 0 amide bonds. The number of carbonyl (C=O) groups is 1. The molecule has 0 bridgehead atoms. The lowest BCUT2D eigenvalue weighted by molar-refractivity contribution is -0.154. The highest BCUT2D eigenvalue weighted by molar-refractivity contribution is 5.77. The van der Waals surface area contributed by atoms with Gasteiger partial charge in [-0.2, -0.15) is 0 Å². The summed E-state index contributed by atoms with van der Waals surface area (Å²) in [5.74, 6) is -0.215. The molecular weight excluding hydrogens is 216 g/mol. The Balaban J connectivity index is 3.15. The minimum Gasteiger partial charge on any atom is -0.469 e. The molecule has 0 radical (unpaired) electrons. The van der Waals surface area contributed by atoms with E-state index in [-0.39, 0.29) is 12.0 Å². The minimum atomic E-state index is -0.612. The van der Waals surface area contributed by atoms with Gasteiger partial charge in [0.25, 0.3) is 0 Å². The van der Waals surface area contributed by atoms with Gasteiger partial charge in [-0.05, 0) is 45.6 Å². The molecule has 1 heterocycles. The van der Waals surface area contributed by atoms with E-state index in [0.29, 0.717) is 0 Å². The van der Waals surface area contributed by atoms with E-state index in [0.717, 1.165) is 5.56 Å². The first-order valence-corrected chi connectivity index (χ1v) is 5.56. The molecular formula is C13H20N2O2. The van der Waals surface area contributed by atoms with Crippen molar-refractivity contribution in [3.05, 3.63) is 30.1 Å². The van der Waals surface area contributed by atoms with E-state index in [1.165, 1.54) is 7.11 Å². The fraction of sp³-hybridized carbons (Fsp3) is 0.538. The number of methoxy groups -OCH3 is 1. The van der Waals surface area contributed by atoms with Gasteiger partial charge in [-0.25, -0.2) is 0 Å². The lowest BCUT2D eigenvalue weighted by atomic mass is 9.80. The summed E-state index contributed by atoms with van der Waals surface area (Å²) in [6.07, 6.45) is 3.47. The number of hydrogen-bond donors (Lipinski definition) is 0. The third-order valence-electron chi connectivity index (χ3n) is 2.93. The van der Waals surface area contributed by atoms with Crippen molar-refractivity contribution in [3.8, 4) is 0 Å². The molecule has 0 saturated carbocycles. The summed E-state index contributed by atoms with van der Waals surface area (Å²) >= 11 is 0. The number of ether oxygens (including phenoxy) is 1. The van der Waals surface area contributed by atoms with Crippen LogP contribution in [0.1, 0.15) is 25.5 Å². The number of carbonyl (C=O) groups excluding carboxylic acids is 1. The normalized spacial score (nSPS) is 13.5. The quantitative estimate of drug-likeness (QED) is 0.749. The predicted octanol–water partition coefficient (Wildman–Crippen LogP) is 1.88. The summed E-state index contributed by atoms with van der Waals surface area (Å²) < 4.78 is 4.89. The Morgan fingerprint density at radius 3 is 2.29 bits per heavy atom. The number of rotatable bonds is 4. The van der Waals surface area contributed by atoms with Gasteiger partial charge in [-0.3, -0.25) is 9.78 Å². The summed E-state index contributed by atoms with van der Waals surface area (Å²) in [7, 11) is 5.33. The van der Waals surface area contributed by atoms with Gasteiger partial charge in [-0.15, -0.1) is 0 Å². The first kappa shape index (κ1) is 13.6.